The zero-order valence-corrected chi connectivity index (χ0v) is 14.2. The van der Waals surface area contributed by atoms with Crippen LogP contribution in [0.5, 0.6) is 0 Å². The molecule has 3 nitrogen and oxygen atoms in total. The number of nitrogens with zero attached hydrogens (tertiary/aromatic N) is 2. The van der Waals surface area contributed by atoms with Gasteiger partial charge in [0.25, 0.3) is 0 Å². The van der Waals surface area contributed by atoms with Crippen molar-refractivity contribution in [2.24, 2.45) is 0 Å². The van der Waals surface area contributed by atoms with E-state index in [9.17, 15) is 13.2 Å². The van der Waals surface area contributed by atoms with E-state index >= 15 is 0 Å². The van der Waals surface area contributed by atoms with E-state index in [0.29, 0.717) is 18.0 Å². The molecule has 0 amide bonds. The number of hydrogen-bond acceptors (Lipinski definition) is 2. The lowest BCUT2D eigenvalue weighted by Crippen LogP contribution is -2.19. The second-order valence-corrected chi connectivity index (χ2v) is 7.25. The fraction of sp³-hybridized carbons (Fsp3) is 0.632. The van der Waals surface area contributed by atoms with Gasteiger partial charge in [-0.05, 0) is 43.9 Å². The molecule has 1 atom stereocenters. The quantitative estimate of drug-likeness (QED) is 0.751. The average molecular weight is 352 g/mol. The Labute approximate surface area is 145 Å². The molecule has 2 aromatic rings. The minimum absolute atomic E-state index is 0.141. The molecule has 0 radical (unpaired) electrons. The Hall–Kier alpha value is -1.56. The van der Waals surface area contributed by atoms with Crippen LogP contribution in [0, 0.1) is 0 Å². The SMILES string of the molecule is FC(F)(F)c1ccc2c(c1)nc(C1CCCCC1)n2CC1CCCO1. The Morgan fingerprint density at radius 1 is 1.08 bits per heavy atom. The summed E-state index contributed by atoms with van der Waals surface area (Å²) in [5.74, 6) is 1.29. The van der Waals surface area contributed by atoms with Crippen molar-refractivity contribution in [3.63, 3.8) is 0 Å². The molecule has 25 heavy (non-hydrogen) atoms. The van der Waals surface area contributed by atoms with Gasteiger partial charge in [-0.2, -0.15) is 13.2 Å². The summed E-state index contributed by atoms with van der Waals surface area (Å²) in [6, 6.07) is 3.93. The first kappa shape index (κ1) is 16.9. The van der Waals surface area contributed by atoms with Gasteiger partial charge in [-0.15, -0.1) is 0 Å². The molecular formula is C19H23F3N2O. The highest BCUT2D eigenvalue weighted by Gasteiger charge is 2.32. The summed E-state index contributed by atoms with van der Waals surface area (Å²) in [6.07, 6.45) is 3.57. The molecule has 1 unspecified atom stereocenters. The van der Waals surface area contributed by atoms with Crippen LogP contribution in [0.15, 0.2) is 18.2 Å². The van der Waals surface area contributed by atoms with Crippen LogP contribution in [0.1, 0.15) is 62.3 Å². The highest BCUT2D eigenvalue weighted by Crippen LogP contribution is 2.36. The maximum Gasteiger partial charge on any atom is 0.416 e. The van der Waals surface area contributed by atoms with E-state index in [2.05, 4.69) is 9.55 Å². The van der Waals surface area contributed by atoms with Crippen molar-refractivity contribution in [3.05, 3.63) is 29.6 Å². The van der Waals surface area contributed by atoms with E-state index in [1.165, 1.54) is 31.4 Å². The van der Waals surface area contributed by atoms with Gasteiger partial charge in [-0.25, -0.2) is 4.98 Å². The van der Waals surface area contributed by atoms with Gasteiger partial charge >= 0.3 is 6.18 Å². The topological polar surface area (TPSA) is 27.1 Å². The molecule has 1 aromatic heterocycles. The van der Waals surface area contributed by atoms with Crippen molar-refractivity contribution in [2.75, 3.05) is 6.61 Å². The van der Waals surface area contributed by atoms with Crippen LogP contribution in [0.3, 0.4) is 0 Å². The third-order valence-electron chi connectivity index (χ3n) is 5.49. The first-order chi connectivity index (χ1) is 12.0. The van der Waals surface area contributed by atoms with Crippen LogP contribution in [0.2, 0.25) is 0 Å². The Bertz CT molecular complexity index is 741. The highest BCUT2D eigenvalue weighted by molar-refractivity contribution is 5.77. The molecular weight excluding hydrogens is 329 g/mol. The Morgan fingerprint density at radius 3 is 2.56 bits per heavy atom. The van der Waals surface area contributed by atoms with Crippen LogP contribution in [-0.4, -0.2) is 22.3 Å². The molecule has 1 aliphatic heterocycles. The van der Waals surface area contributed by atoms with Crippen LogP contribution in [-0.2, 0) is 17.5 Å². The van der Waals surface area contributed by atoms with E-state index in [1.54, 1.807) is 6.07 Å². The fourth-order valence-corrected chi connectivity index (χ4v) is 4.18. The third kappa shape index (κ3) is 3.41. The normalized spacial score (nSPS) is 22.8. The van der Waals surface area contributed by atoms with Crippen molar-refractivity contribution in [1.82, 2.24) is 9.55 Å². The fourth-order valence-electron chi connectivity index (χ4n) is 4.18. The summed E-state index contributed by atoms with van der Waals surface area (Å²) < 4.78 is 47.0. The average Bonchev–Trinajstić information content (AvgIpc) is 3.23. The number of benzene rings is 1. The number of ether oxygens (including phenoxy) is 1. The Morgan fingerprint density at radius 2 is 1.88 bits per heavy atom. The molecule has 1 saturated heterocycles. The zero-order valence-electron chi connectivity index (χ0n) is 14.2. The van der Waals surface area contributed by atoms with Crippen LogP contribution < -0.4 is 0 Å². The molecule has 0 bridgehead atoms. The Balaban J connectivity index is 1.76. The molecule has 6 heteroatoms. The van der Waals surface area contributed by atoms with Crippen molar-refractivity contribution in [2.45, 2.75) is 69.7 Å². The summed E-state index contributed by atoms with van der Waals surface area (Å²) >= 11 is 0. The smallest absolute Gasteiger partial charge is 0.376 e. The number of imidazole rings is 1. The van der Waals surface area contributed by atoms with Crippen molar-refractivity contribution < 1.29 is 17.9 Å². The van der Waals surface area contributed by atoms with Crippen LogP contribution >= 0.6 is 0 Å². The molecule has 2 heterocycles. The largest absolute Gasteiger partial charge is 0.416 e. The third-order valence-corrected chi connectivity index (χ3v) is 5.49. The lowest BCUT2D eigenvalue weighted by Gasteiger charge is -2.23. The number of rotatable bonds is 3. The van der Waals surface area contributed by atoms with Gasteiger partial charge < -0.3 is 9.30 Å². The van der Waals surface area contributed by atoms with Gasteiger partial charge in [0, 0.05) is 12.5 Å². The summed E-state index contributed by atoms with van der Waals surface area (Å²) in [4.78, 5) is 4.66. The second kappa shape index (κ2) is 6.63. The van der Waals surface area contributed by atoms with Gasteiger partial charge in [-0.1, -0.05) is 19.3 Å². The molecule has 136 valence electrons. The lowest BCUT2D eigenvalue weighted by atomic mass is 9.88. The number of fused-ring (bicyclic) bond motifs is 1. The summed E-state index contributed by atoms with van der Waals surface area (Å²) in [5, 5.41) is 0. The van der Waals surface area contributed by atoms with Crippen molar-refractivity contribution in [3.8, 4) is 0 Å². The van der Waals surface area contributed by atoms with Gasteiger partial charge in [0.15, 0.2) is 0 Å². The van der Waals surface area contributed by atoms with Crippen molar-refractivity contribution >= 4 is 11.0 Å². The Kier molecular flexibility index (Phi) is 4.48. The van der Waals surface area contributed by atoms with Gasteiger partial charge in [-0.3, -0.25) is 0 Å². The maximum absolute atomic E-state index is 13.1. The van der Waals surface area contributed by atoms with E-state index in [0.717, 1.165) is 43.6 Å². The summed E-state index contributed by atoms with van der Waals surface area (Å²) in [5.41, 5.74) is 0.620. The number of hydrogen-bond donors (Lipinski definition) is 0. The first-order valence-corrected chi connectivity index (χ1v) is 9.21. The second-order valence-electron chi connectivity index (χ2n) is 7.25. The number of aromatic nitrogens is 2. The molecule has 0 spiro atoms. The van der Waals surface area contributed by atoms with Crippen LogP contribution in [0.25, 0.3) is 11.0 Å². The van der Waals surface area contributed by atoms with Gasteiger partial charge in [0.2, 0.25) is 0 Å². The molecule has 0 N–H and O–H groups in total. The standard InChI is InChI=1S/C19H23F3N2O/c20-19(21,22)14-8-9-17-16(11-14)23-18(13-5-2-1-3-6-13)24(17)12-15-7-4-10-25-15/h8-9,11,13,15H,1-7,10,12H2. The lowest BCUT2D eigenvalue weighted by molar-refractivity contribution is -0.137. The molecule has 1 aliphatic carbocycles. The van der Waals surface area contributed by atoms with Crippen LogP contribution in [0.4, 0.5) is 13.2 Å². The number of halogens is 3. The minimum atomic E-state index is -4.34. The molecule has 2 fully saturated rings. The number of alkyl halides is 3. The summed E-state index contributed by atoms with van der Waals surface area (Å²) in [7, 11) is 0. The van der Waals surface area contributed by atoms with E-state index in [4.69, 9.17) is 4.74 Å². The van der Waals surface area contributed by atoms with E-state index in [-0.39, 0.29) is 6.10 Å². The molecule has 1 saturated carbocycles. The zero-order chi connectivity index (χ0) is 17.4. The van der Waals surface area contributed by atoms with E-state index < -0.39 is 11.7 Å². The minimum Gasteiger partial charge on any atom is -0.376 e. The predicted molar refractivity (Wildman–Crippen MR) is 89.5 cm³/mol. The van der Waals surface area contributed by atoms with Gasteiger partial charge in [0.05, 0.1) is 29.2 Å². The van der Waals surface area contributed by atoms with E-state index in [1.807, 2.05) is 0 Å². The molecule has 2 aliphatic rings. The predicted octanol–water partition coefficient (Wildman–Crippen LogP) is 5.28. The monoisotopic (exact) mass is 352 g/mol. The molecule has 1 aromatic carbocycles. The maximum atomic E-state index is 13.1. The van der Waals surface area contributed by atoms with Crippen molar-refractivity contribution in [1.29, 1.82) is 0 Å². The van der Waals surface area contributed by atoms with Gasteiger partial charge in [0.1, 0.15) is 5.82 Å². The first-order valence-electron chi connectivity index (χ1n) is 9.21. The molecule has 4 rings (SSSR count). The highest BCUT2D eigenvalue weighted by atomic mass is 19.4. The summed E-state index contributed by atoms with van der Waals surface area (Å²) in [6.45, 7) is 1.46.